The summed E-state index contributed by atoms with van der Waals surface area (Å²) in [5, 5.41) is 16.2. The summed E-state index contributed by atoms with van der Waals surface area (Å²) >= 11 is 0. The van der Waals surface area contributed by atoms with E-state index in [2.05, 4.69) is 20.5 Å². The van der Waals surface area contributed by atoms with Crippen LogP contribution >= 0.6 is 0 Å². The van der Waals surface area contributed by atoms with Gasteiger partial charge >= 0.3 is 0 Å². The number of aliphatic hydroxyl groups excluding tert-OH is 1. The summed E-state index contributed by atoms with van der Waals surface area (Å²) in [6, 6.07) is 5.32. The van der Waals surface area contributed by atoms with E-state index in [1.165, 1.54) is 0 Å². The molecule has 1 aromatic rings. The second kappa shape index (κ2) is 10.5. The molecular formula is C20H33FN4O. The number of hydrogen-bond donors (Lipinski definition) is 3. The van der Waals surface area contributed by atoms with E-state index in [9.17, 15) is 9.50 Å². The number of rotatable bonds is 7. The third kappa shape index (κ3) is 6.57. The lowest BCUT2D eigenvalue weighted by Gasteiger charge is -2.29. The van der Waals surface area contributed by atoms with E-state index in [1.807, 2.05) is 26.0 Å². The molecule has 26 heavy (non-hydrogen) atoms. The first-order chi connectivity index (χ1) is 12.5. The summed E-state index contributed by atoms with van der Waals surface area (Å²) in [6.45, 7) is 10.3. The molecule has 0 saturated carbocycles. The standard InChI is InChI=1S/C20H33FN4O/c1-4-22-20(23-10-5-11-25-12-8-18(26)9-13-25)24-16(3)17-7-6-15(2)19(21)14-17/h6-7,14,16,18,26H,4-5,8-13H2,1-3H3,(H2,22,23,24). The SMILES string of the molecule is CCNC(=NCCCN1CCC(O)CC1)NC(C)c1ccc(C)c(F)c1. The van der Waals surface area contributed by atoms with Gasteiger partial charge in [-0.15, -0.1) is 0 Å². The summed E-state index contributed by atoms with van der Waals surface area (Å²) in [7, 11) is 0. The highest BCUT2D eigenvalue weighted by Crippen LogP contribution is 2.16. The zero-order chi connectivity index (χ0) is 18.9. The number of hydrogen-bond acceptors (Lipinski definition) is 3. The van der Waals surface area contributed by atoms with Gasteiger partial charge in [-0.05, 0) is 63.8 Å². The van der Waals surface area contributed by atoms with Crippen LogP contribution in [0, 0.1) is 12.7 Å². The highest BCUT2D eigenvalue weighted by atomic mass is 19.1. The van der Waals surface area contributed by atoms with Gasteiger partial charge in [0.25, 0.3) is 0 Å². The van der Waals surface area contributed by atoms with Crippen LogP contribution in [0.15, 0.2) is 23.2 Å². The summed E-state index contributed by atoms with van der Waals surface area (Å²) in [6.07, 6.45) is 2.61. The van der Waals surface area contributed by atoms with E-state index in [0.29, 0.717) is 5.56 Å². The van der Waals surface area contributed by atoms with Crippen molar-refractivity contribution in [1.29, 1.82) is 0 Å². The van der Waals surface area contributed by atoms with Gasteiger partial charge < -0.3 is 20.6 Å². The van der Waals surface area contributed by atoms with Gasteiger partial charge in [0.15, 0.2) is 5.96 Å². The van der Waals surface area contributed by atoms with Gasteiger partial charge in [0.1, 0.15) is 5.82 Å². The van der Waals surface area contributed by atoms with E-state index in [4.69, 9.17) is 0 Å². The molecule has 0 aromatic heterocycles. The van der Waals surface area contributed by atoms with Crippen molar-refractivity contribution in [2.75, 3.05) is 32.7 Å². The first-order valence-corrected chi connectivity index (χ1v) is 9.71. The fraction of sp³-hybridized carbons (Fsp3) is 0.650. The van der Waals surface area contributed by atoms with Crippen molar-refractivity contribution < 1.29 is 9.50 Å². The maximum Gasteiger partial charge on any atom is 0.191 e. The number of nitrogens with zero attached hydrogens (tertiary/aromatic N) is 2. The molecule has 2 rings (SSSR count). The number of aliphatic hydroxyl groups is 1. The van der Waals surface area contributed by atoms with Crippen LogP contribution in [-0.2, 0) is 0 Å². The monoisotopic (exact) mass is 364 g/mol. The number of likely N-dealkylation sites (tertiary alicyclic amines) is 1. The molecule has 1 aromatic carbocycles. The molecule has 1 saturated heterocycles. The first-order valence-electron chi connectivity index (χ1n) is 9.71. The van der Waals surface area contributed by atoms with Crippen LogP contribution in [0.4, 0.5) is 4.39 Å². The third-order valence-corrected chi connectivity index (χ3v) is 4.85. The lowest BCUT2D eigenvalue weighted by molar-refractivity contribution is 0.0824. The predicted octanol–water partition coefficient (Wildman–Crippen LogP) is 2.60. The number of nitrogens with one attached hydrogen (secondary N) is 2. The van der Waals surface area contributed by atoms with Crippen LogP contribution in [0.2, 0.25) is 0 Å². The van der Waals surface area contributed by atoms with E-state index >= 15 is 0 Å². The fourth-order valence-corrected chi connectivity index (χ4v) is 3.11. The second-order valence-electron chi connectivity index (χ2n) is 7.06. The molecule has 1 unspecified atom stereocenters. The molecule has 0 radical (unpaired) electrons. The number of halogens is 1. The molecular weight excluding hydrogens is 331 g/mol. The Morgan fingerprint density at radius 1 is 1.38 bits per heavy atom. The van der Waals surface area contributed by atoms with Crippen molar-refractivity contribution in [3.05, 3.63) is 35.1 Å². The molecule has 1 aliphatic heterocycles. The quantitative estimate of drug-likeness (QED) is 0.395. The highest BCUT2D eigenvalue weighted by Gasteiger charge is 2.16. The molecule has 5 nitrogen and oxygen atoms in total. The van der Waals surface area contributed by atoms with E-state index in [-0.39, 0.29) is 18.0 Å². The van der Waals surface area contributed by atoms with Gasteiger partial charge in [0.2, 0.25) is 0 Å². The van der Waals surface area contributed by atoms with Crippen LogP contribution in [0.25, 0.3) is 0 Å². The maximum absolute atomic E-state index is 13.8. The Morgan fingerprint density at radius 3 is 2.77 bits per heavy atom. The van der Waals surface area contributed by atoms with Crippen LogP contribution < -0.4 is 10.6 Å². The Morgan fingerprint density at radius 2 is 2.12 bits per heavy atom. The number of aliphatic imine (C=N–C) groups is 1. The molecule has 146 valence electrons. The van der Waals surface area contributed by atoms with Crippen LogP contribution in [0.3, 0.4) is 0 Å². The van der Waals surface area contributed by atoms with Crippen LogP contribution in [0.1, 0.15) is 50.3 Å². The van der Waals surface area contributed by atoms with Crippen molar-refractivity contribution in [3.8, 4) is 0 Å². The lowest BCUT2D eigenvalue weighted by Crippen LogP contribution is -2.39. The normalized spacial score (nSPS) is 18.0. The van der Waals surface area contributed by atoms with Crippen molar-refractivity contribution in [2.45, 2.75) is 52.2 Å². The minimum absolute atomic E-state index is 0.0218. The van der Waals surface area contributed by atoms with Crippen LogP contribution in [-0.4, -0.2) is 54.8 Å². The van der Waals surface area contributed by atoms with E-state index in [1.54, 1.807) is 13.0 Å². The average molecular weight is 365 g/mol. The molecule has 1 aliphatic rings. The van der Waals surface area contributed by atoms with Crippen molar-refractivity contribution in [2.24, 2.45) is 4.99 Å². The van der Waals surface area contributed by atoms with Gasteiger partial charge in [0.05, 0.1) is 12.1 Å². The smallest absolute Gasteiger partial charge is 0.191 e. The summed E-state index contributed by atoms with van der Waals surface area (Å²) in [4.78, 5) is 7.03. The Kier molecular flexibility index (Phi) is 8.32. The van der Waals surface area contributed by atoms with Gasteiger partial charge in [-0.2, -0.15) is 0 Å². The molecule has 1 heterocycles. The Labute approximate surface area is 156 Å². The number of guanidine groups is 1. The van der Waals surface area contributed by atoms with Crippen molar-refractivity contribution >= 4 is 5.96 Å². The molecule has 6 heteroatoms. The summed E-state index contributed by atoms with van der Waals surface area (Å²) in [5.74, 6) is 0.583. The van der Waals surface area contributed by atoms with Crippen molar-refractivity contribution in [1.82, 2.24) is 15.5 Å². The zero-order valence-electron chi connectivity index (χ0n) is 16.3. The molecule has 1 fully saturated rings. The molecule has 1 atom stereocenters. The Balaban J connectivity index is 1.82. The molecule has 0 bridgehead atoms. The number of benzene rings is 1. The highest BCUT2D eigenvalue weighted by molar-refractivity contribution is 5.80. The number of aryl methyl sites for hydroxylation is 1. The van der Waals surface area contributed by atoms with Crippen molar-refractivity contribution in [3.63, 3.8) is 0 Å². The van der Waals surface area contributed by atoms with Gasteiger partial charge in [-0.25, -0.2) is 4.39 Å². The zero-order valence-corrected chi connectivity index (χ0v) is 16.3. The summed E-state index contributed by atoms with van der Waals surface area (Å²) < 4.78 is 13.8. The maximum atomic E-state index is 13.8. The average Bonchev–Trinajstić information content (AvgIpc) is 2.62. The lowest BCUT2D eigenvalue weighted by atomic mass is 10.1. The minimum atomic E-state index is -0.176. The second-order valence-corrected chi connectivity index (χ2v) is 7.06. The topological polar surface area (TPSA) is 59.9 Å². The van der Waals surface area contributed by atoms with Gasteiger partial charge in [-0.1, -0.05) is 12.1 Å². The Hall–Kier alpha value is -1.66. The minimum Gasteiger partial charge on any atom is -0.393 e. The Bertz CT molecular complexity index is 585. The molecule has 0 aliphatic carbocycles. The fourth-order valence-electron chi connectivity index (χ4n) is 3.11. The third-order valence-electron chi connectivity index (χ3n) is 4.85. The van der Waals surface area contributed by atoms with Gasteiger partial charge in [-0.3, -0.25) is 4.99 Å². The van der Waals surface area contributed by atoms with Gasteiger partial charge in [0, 0.05) is 26.2 Å². The number of piperidine rings is 1. The molecule has 0 spiro atoms. The molecule has 3 N–H and O–H groups in total. The predicted molar refractivity (Wildman–Crippen MR) is 105 cm³/mol. The first kappa shape index (κ1) is 20.6. The molecule has 0 amide bonds. The summed E-state index contributed by atoms with van der Waals surface area (Å²) in [5.41, 5.74) is 1.57. The largest absolute Gasteiger partial charge is 0.393 e. The van der Waals surface area contributed by atoms with E-state index < -0.39 is 0 Å². The van der Waals surface area contributed by atoms with Crippen LogP contribution in [0.5, 0.6) is 0 Å². The van der Waals surface area contributed by atoms with E-state index in [0.717, 1.165) is 63.5 Å².